The number of sulfonamides is 1. The zero-order chi connectivity index (χ0) is 21.1. The Morgan fingerprint density at radius 1 is 1.11 bits per heavy atom. The van der Waals surface area contributed by atoms with Crippen molar-refractivity contribution < 1.29 is 21.6 Å². The lowest BCUT2D eigenvalue weighted by Gasteiger charge is -2.24. The minimum absolute atomic E-state index is 0.160. The van der Waals surface area contributed by atoms with E-state index in [0.717, 1.165) is 10.6 Å². The molecule has 0 aromatic heterocycles. The van der Waals surface area contributed by atoms with Crippen LogP contribution in [0.4, 0.5) is 18.9 Å². The van der Waals surface area contributed by atoms with Crippen molar-refractivity contribution in [2.75, 3.05) is 5.01 Å². The fourth-order valence-electron chi connectivity index (χ4n) is 2.37. The summed E-state index contributed by atoms with van der Waals surface area (Å²) in [7, 11) is -3.93. The maximum absolute atomic E-state index is 13.3. The number of halogens is 3. The number of aryl methyl sites for hydroxylation is 1. The van der Waals surface area contributed by atoms with Gasteiger partial charge in [-0.15, -0.1) is 0 Å². The lowest BCUT2D eigenvalue weighted by molar-refractivity contribution is -0.0604. The number of hydrogen-bond acceptors (Lipinski definition) is 4. The highest BCUT2D eigenvalue weighted by molar-refractivity contribution is 7.89. The molecule has 0 atom stereocenters. The van der Waals surface area contributed by atoms with Crippen molar-refractivity contribution >= 4 is 27.1 Å². The number of anilines is 1. The van der Waals surface area contributed by atoms with Gasteiger partial charge in [0.2, 0.25) is 10.0 Å². The lowest BCUT2D eigenvalue weighted by Crippen LogP contribution is -2.27. The van der Waals surface area contributed by atoms with Crippen LogP contribution in [0.15, 0.2) is 65.1 Å². The third kappa shape index (κ3) is 5.20. The molecule has 9 heteroatoms. The number of nitrogens with two attached hydrogens (primary N) is 1. The Morgan fingerprint density at radius 3 is 2.07 bits per heavy atom. The Kier molecular flexibility index (Phi) is 6.30. The van der Waals surface area contributed by atoms with E-state index in [0.29, 0.717) is 5.56 Å². The third-order valence-corrected chi connectivity index (χ3v) is 4.86. The zero-order valence-electron chi connectivity index (χ0n) is 15.4. The molecule has 5 nitrogen and oxygen atoms in total. The molecular formula is C19H20F3N3O2S. The average Bonchev–Trinajstić information content (AvgIpc) is 2.61. The molecule has 2 N–H and O–H groups in total. The maximum atomic E-state index is 13.3. The van der Waals surface area contributed by atoms with Gasteiger partial charge >= 0.3 is 6.18 Å². The van der Waals surface area contributed by atoms with Gasteiger partial charge in [-0.2, -0.15) is 18.3 Å². The Balaban J connectivity index is 2.57. The van der Waals surface area contributed by atoms with Crippen LogP contribution < -0.4 is 10.1 Å². The Hall–Kier alpha value is -2.65. The lowest BCUT2D eigenvalue weighted by atomic mass is 10.1. The Morgan fingerprint density at radius 2 is 1.64 bits per heavy atom. The molecule has 150 valence electrons. The SMILES string of the molecule is C=C(c1ccc(C)cc1)N(/N=C(\CC)C(F)(F)F)c1ccc(S(N)(=O)=O)cc1. The van der Waals surface area contributed by atoms with E-state index in [9.17, 15) is 21.6 Å². The van der Waals surface area contributed by atoms with E-state index in [4.69, 9.17) is 5.14 Å². The molecule has 0 aliphatic rings. The van der Waals surface area contributed by atoms with Crippen LogP contribution in [0.25, 0.3) is 5.70 Å². The normalized spacial score (nSPS) is 12.7. The largest absolute Gasteiger partial charge is 0.431 e. The monoisotopic (exact) mass is 411 g/mol. The third-order valence-electron chi connectivity index (χ3n) is 3.93. The number of primary sulfonamides is 1. The fraction of sp³-hybridized carbons (Fsp3) is 0.211. The summed E-state index contributed by atoms with van der Waals surface area (Å²) in [6, 6.07) is 12.1. The van der Waals surface area contributed by atoms with Crippen molar-refractivity contribution in [3.05, 3.63) is 66.2 Å². The summed E-state index contributed by atoms with van der Waals surface area (Å²) in [6.45, 7) is 7.11. The molecule has 2 rings (SSSR count). The molecule has 2 aromatic carbocycles. The highest BCUT2D eigenvalue weighted by atomic mass is 32.2. The number of nitrogens with zero attached hydrogens (tertiary/aromatic N) is 2. The van der Waals surface area contributed by atoms with Gasteiger partial charge in [-0.05, 0) is 43.2 Å². The summed E-state index contributed by atoms with van der Waals surface area (Å²) < 4.78 is 62.6. The molecule has 2 aromatic rings. The van der Waals surface area contributed by atoms with Crippen molar-refractivity contribution in [3.8, 4) is 0 Å². The van der Waals surface area contributed by atoms with E-state index in [2.05, 4.69) is 11.7 Å². The smallest absolute Gasteiger partial charge is 0.234 e. The molecule has 0 aliphatic carbocycles. The summed E-state index contributed by atoms with van der Waals surface area (Å²) in [4.78, 5) is -0.160. The van der Waals surface area contributed by atoms with Crippen LogP contribution in [0.3, 0.4) is 0 Å². The first-order valence-corrected chi connectivity index (χ1v) is 9.81. The van der Waals surface area contributed by atoms with Crippen LogP contribution in [0.2, 0.25) is 0 Å². The van der Waals surface area contributed by atoms with Crippen molar-refractivity contribution in [1.82, 2.24) is 0 Å². The van der Waals surface area contributed by atoms with Gasteiger partial charge in [0.25, 0.3) is 0 Å². The topological polar surface area (TPSA) is 75.8 Å². The first kappa shape index (κ1) is 21.6. The molecule has 0 aliphatic heterocycles. The summed E-state index contributed by atoms with van der Waals surface area (Å²) in [5, 5.41) is 9.89. The first-order valence-electron chi connectivity index (χ1n) is 8.27. The fourth-order valence-corrected chi connectivity index (χ4v) is 2.88. The van der Waals surface area contributed by atoms with Gasteiger partial charge in [0, 0.05) is 0 Å². The molecule has 0 fully saturated rings. The second-order valence-corrected chi connectivity index (χ2v) is 7.62. The molecule has 28 heavy (non-hydrogen) atoms. The van der Waals surface area contributed by atoms with Gasteiger partial charge < -0.3 is 0 Å². The van der Waals surface area contributed by atoms with Gasteiger partial charge in [0.1, 0.15) is 5.71 Å². The van der Waals surface area contributed by atoms with Gasteiger partial charge in [0.15, 0.2) is 0 Å². The van der Waals surface area contributed by atoms with Crippen molar-refractivity contribution in [1.29, 1.82) is 0 Å². The van der Waals surface area contributed by atoms with Crippen LogP contribution >= 0.6 is 0 Å². The predicted octanol–water partition coefficient (Wildman–Crippen LogP) is 4.45. The van der Waals surface area contributed by atoms with Crippen LogP contribution in [-0.4, -0.2) is 20.3 Å². The van der Waals surface area contributed by atoms with E-state index < -0.39 is 21.9 Å². The second kappa shape index (κ2) is 8.15. The summed E-state index contributed by atoms with van der Waals surface area (Å²) >= 11 is 0. The van der Waals surface area contributed by atoms with E-state index >= 15 is 0 Å². The Bertz CT molecular complexity index is 981. The highest BCUT2D eigenvalue weighted by Crippen LogP contribution is 2.29. The van der Waals surface area contributed by atoms with Gasteiger partial charge in [-0.25, -0.2) is 18.6 Å². The molecule has 0 unspecified atom stereocenters. The average molecular weight is 411 g/mol. The molecule has 0 saturated heterocycles. The second-order valence-electron chi connectivity index (χ2n) is 6.06. The number of alkyl halides is 3. The van der Waals surface area contributed by atoms with Crippen molar-refractivity contribution in [2.24, 2.45) is 10.2 Å². The molecule has 0 heterocycles. The van der Waals surface area contributed by atoms with Gasteiger partial charge in [0.05, 0.1) is 16.3 Å². The van der Waals surface area contributed by atoms with Gasteiger partial charge in [-0.3, -0.25) is 0 Å². The van der Waals surface area contributed by atoms with Crippen LogP contribution in [0, 0.1) is 6.92 Å². The van der Waals surface area contributed by atoms with Crippen LogP contribution in [0.1, 0.15) is 24.5 Å². The Labute approximate surface area is 162 Å². The van der Waals surface area contributed by atoms with Gasteiger partial charge in [-0.1, -0.05) is 43.3 Å². The summed E-state index contributed by atoms with van der Waals surface area (Å²) in [5.74, 6) is 0. The van der Waals surface area contributed by atoms with Crippen molar-refractivity contribution in [2.45, 2.75) is 31.3 Å². The first-order chi connectivity index (χ1) is 12.9. The minimum Gasteiger partial charge on any atom is -0.234 e. The predicted molar refractivity (Wildman–Crippen MR) is 104 cm³/mol. The maximum Gasteiger partial charge on any atom is 0.431 e. The quantitative estimate of drug-likeness (QED) is 0.564. The van der Waals surface area contributed by atoms with E-state index in [1.807, 2.05) is 6.92 Å². The van der Waals surface area contributed by atoms with E-state index in [1.165, 1.54) is 31.2 Å². The minimum atomic E-state index is -4.61. The molecule has 0 saturated carbocycles. The number of hydrogen-bond donors (Lipinski definition) is 1. The molecule has 0 radical (unpaired) electrons. The van der Waals surface area contributed by atoms with Crippen molar-refractivity contribution in [3.63, 3.8) is 0 Å². The van der Waals surface area contributed by atoms with E-state index in [1.54, 1.807) is 24.3 Å². The molecule has 0 spiro atoms. The molecule has 0 amide bonds. The summed E-state index contributed by atoms with van der Waals surface area (Å²) in [6.07, 6.45) is -4.95. The zero-order valence-corrected chi connectivity index (χ0v) is 16.2. The number of hydrazone groups is 1. The standard InChI is InChI=1S/C19H20F3N3O2S/c1-4-18(19(20,21)22)24-25(14(3)15-7-5-13(2)6-8-15)16-9-11-17(12-10-16)28(23,26)27/h5-12H,3-4H2,1-2H3,(H2,23,26,27)/b24-18+. The van der Waals surface area contributed by atoms with Crippen LogP contribution in [0.5, 0.6) is 0 Å². The highest BCUT2D eigenvalue weighted by Gasteiger charge is 2.35. The summed E-state index contributed by atoms with van der Waals surface area (Å²) in [5.41, 5.74) is 0.985. The molecular weight excluding hydrogens is 391 g/mol. The number of benzene rings is 2. The number of rotatable bonds is 6. The molecule has 0 bridgehead atoms. The van der Waals surface area contributed by atoms with Crippen LogP contribution in [-0.2, 0) is 10.0 Å². The van der Waals surface area contributed by atoms with E-state index in [-0.39, 0.29) is 22.7 Å².